The van der Waals surface area contributed by atoms with Crippen LogP contribution in [0, 0.1) is 13.8 Å². The monoisotopic (exact) mass is 382 g/mol. The Bertz CT molecular complexity index is 701. The van der Waals surface area contributed by atoms with E-state index >= 15 is 0 Å². The van der Waals surface area contributed by atoms with Gasteiger partial charge in [-0.3, -0.25) is 0 Å². The summed E-state index contributed by atoms with van der Waals surface area (Å²) in [5.74, 6) is 0. The van der Waals surface area contributed by atoms with Crippen molar-refractivity contribution in [1.82, 2.24) is 0 Å². The number of benzene rings is 2. The maximum atomic E-state index is 2.46. The Labute approximate surface area is 169 Å². The fourth-order valence-corrected chi connectivity index (χ4v) is 6.90. The zero-order valence-corrected chi connectivity index (χ0v) is 19.2. The minimum Gasteiger partial charge on any atom is -0.0654 e. The maximum absolute atomic E-state index is 2.46. The Morgan fingerprint density at radius 1 is 0.704 bits per heavy atom. The molecule has 0 aliphatic rings. The molecule has 2 rings (SSSR count). The largest absolute Gasteiger partial charge is 0.0654 e. The summed E-state index contributed by atoms with van der Waals surface area (Å²) >= 11 is 0. The Hall–Kier alpha value is -1.13. The molecule has 0 nitrogen and oxygen atoms in total. The first-order valence-corrected chi connectivity index (χ1v) is 12.6. The summed E-state index contributed by atoms with van der Waals surface area (Å²) in [6, 6.07) is 14.1. The SMILES string of the molecule is CCCCc1cccc(P(CCCC)c2cccc(C)c2C)c1CCCC. The molecule has 148 valence electrons. The van der Waals surface area contributed by atoms with Crippen molar-refractivity contribution >= 4 is 18.5 Å². The van der Waals surface area contributed by atoms with Gasteiger partial charge in [0.25, 0.3) is 0 Å². The average Bonchev–Trinajstić information content (AvgIpc) is 2.68. The standard InChI is InChI=1S/C26H39P/c1-6-9-15-23-16-13-19-26(24(23)17-10-7-2)27(20-11-8-3)25-18-12-14-21(4)22(25)5/h12-14,16,18-19H,6-11,15,17,20H2,1-5H3. The lowest BCUT2D eigenvalue weighted by Crippen LogP contribution is -2.22. The number of hydrogen-bond acceptors (Lipinski definition) is 0. The molecule has 0 aliphatic carbocycles. The molecule has 0 spiro atoms. The van der Waals surface area contributed by atoms with E-state index in [0.29, 0.717) is 0 Å². The smallest absolute Gasteiger partial charge is 0.0160 e. The van der Waals surface area contributed by atoms with Crippen molar-refractivity contribution in [3.05, 3.63) is 58.7 Å². The number of rotatable bonds is 11. The highest BCUT2D eigenvalue weighted by atomic mass is 31.1. The number of aryl methyl sites for hydroxylation is 2. The summed E-state index contributed by atoms with van der Waals surface area (Å²) in [6.07, 6.45) is 11.6. The third kappa shape index (κ3) is 5.92. The predicted octanol–water partition coefficient (Wildman–Crippen LogP) is 7.22. The topological polar surface area (TPSA) is 0 Å². The van der Waals surface area contributed by atoms with E-state index < -0.39 is 0 Å². The van der Waals surface area contributed by atoms with E-state index in [2.05, 4.69) is 71.0 Å². The molecule has 0 heterocycles. The summed E-state index contributed by atoms with van der Waals surface area (Å²) in [6.45, 7) is 11.5. The molecule has 27 heavy (non-hydrogen) atoms. The zero-order chi connectivity index (χ0) is 19.6. The summed E-state index contributed by atoms with van der Waals surface area (Å²) in [5.41, 5.74) is 6.27. The third-order valence-electron chi connectivity index (χ3n) is 5.72. The highest BCUT2D eigenvalue weighted by Crippen LogP contribution is 2.39. The van der Waals surface area contributed by atoms with Gasteiger partial charge in [-0.05, 0) is 92.9 Å². The van der Waals surface area contributed by atoms with Crippen molar-refractivity contribution in [2.24, 2.45) is 0 Å². The molecule has 1 heteroatoms. The van der Waals surface area contributed by atoms with E-state index in [1.54, 1.807) is 21.7 Å². The second-order valence-electron chi connectivity index (χ2n) is 7.85. The van der Waals surface area contributed by atoms with Gasteiger partial charge in [-0.15, -0.1) is 0 Å². The highest BCUT2D eigenvalue weighted by Gasteiger charge is 2.20. The summed E-state index contributed by atoms with van der Waals surface area (Å²) in [4.78, 5) is 0. The van der Waals surface area contributed by atoms with Crippen molar-refractivity contribution in [2.75, 3.05) is 6.16 Å². The molecule has 1 unspecified atom stereocenters. The van der Waals surface area contributed by atoms with Gasteiger partial charge >= 0.3 is 0 Å². The van der Waals surface area contributed by atoms with E-state index in [0.717, 1.165) is 0 Å². The third-order valence-corrected chi connectivity index (χ3v) is 8.55. The van der Waals surface area contributed by atoms with Crippen LogP contribution in [-0.2, 0) is 12.8 Å². The van der Waals surface area contributed by atoms with Gasteiger partial charge in [-0.1, -0.05) is 76.4 Å². The van der Waals surface area contributed by atoms with E-state index in [4.69, 9.17) is 0 Å². The van der Waals surface area contributed by atoms with Crippen molar-refractivity contribution in [1.29, 1.82) is 0 Å². The van der Waals surface area contributed by atoms with Gasteiger partial charge in [0.2, 0.25) is 0 Å². The molecular formula is C26H39P. The molecule has 2 aromatic rings. The maximum Gasteiger partial charge on any atom is -0.0160 e. The Morgan fingerprint density at radius 3 is 2.04 bits per heavy atom. The molecule has 0 fully saturated rings. The zero-order valence-electron chi connectivity index (χ0n) is 18.3. The first kappa shape index (κ1) is 22.2. The molecule has 0 aromatic heterocycles. The highest BCUT2D eigenvalue weighted by molar-refractivity contribution is 7.73. The lowest BCUT2D eigenvalue weighted by Gasteiger charge is -2.26. The molecule has 0 radical (unpaired) electrons. The summed E-state index contributed by atoms with van der Waals surface area (Å²) < 4.78 is 0. The quantitative estimate of drug-likeness (QED) is 0.360. The van der Waals surface area contributed by atoms with Crippen LogP contribution in [0.1, 0.15) is 81.5 Å². The lowest BCUT2D eigenvalue weighted by molar-refractivity contribution is 0.760. The van der Waals surface area contributed by atoms with Crippen LogP contribution in [0.25, 0.3) is 0 Å². The molecule has 1 atom stereocenters. The van der Waals surface area contributed by atoms with Gasteiger partial charge in [-0.2, -0.15) is 0 Å². The number of unbranched alkanes of at least 4 members (excludes halogenated alkanes) is 3. The average molecular weight is 383 g/mol. The molecule has 0 aliphatic heterocycles. The Kier molecular flexibility index (Phi) is 9.57. The molecule has 0 saturated heterocycles. The molecule has 0 N–H and O–H groups in total. The van der Waals surface area contributed by atoms with E-state index in [9.17, 15) is 0 Å². The first-order valence-electron chi connectivity index (χ1n) is 11.1. The molecular weight excluding hydrogens is 343 g/mol. The Morgan fingerprint density at radius 2 is 1.33 bits per heavy atom. The fraction of sp³-hybridized carbons (Fsp3) is 0.538. The van der Waals surface area contributed by atoms with Crippen LogP contribution in [0.2, 0.25) is 0 Å². The predicted molar refractivity (Wildman–Crippen MR) is 126 cm³/mol. The second kappa shape index (κ2) is 11.7. The van der Waals surface area contributed by atoms with Crippen LogP contribution in [0.5, 0.6) is 0 Å². The van der Waals surface area contributed by atoms with Crippen LogP contribution in [-0.4, -0.2) is 6.16 Å². The first-order chi connectivity index (χ1) is 13.1. The van der Waals surface area contributed by atoms with Crippen LogP contribution in [0.4, 0.5) is 0 Å². The molecule has 0 bridgehead atoms. The molecule has 0 saturated carbocycles. The van der Waals surface area contributed by atoms with Crippen LogP contribution >= 0.6 is 7.92 Å². The van der Waals surface area contributed by atoms with Crippen molar-refractivity contribution in [3.63, 3.8) is 0 Å². The summed E-state index contributed by atoms with van der Waals surface area (Å²) in [5, 5.41) is 3.29. The van der Waals surface area contributed by atoms with E-state index in [1.807, 2.05) is 0 Å². The van der Waals surface area contributed by atoms with Crippen molar-refractivity contribution in [2.45, 2.75) is 86.0 Å². The molecule has 2 aromatic carbocycles. The fourth-order valence-electron chi connectivity index (χ4n) is 3.83. The van der Waals surface area contributed by atoms with Gasteiger partial charge in [0.15, 0.2) is 0 Å². The summed E-state index contributed by atoms with van der Waals surface area (Å²) in [7, 11) is -0.262. The normalized spacial score (nSPS) is 12.3. The van der Waals surface area contributed by atoms with Crippen LogP contribution in [0.3, 0.4) is 0 Å². The van der Waals surface area contributed by atoms with E-state index in [1.165, 1.54) is 68.7 Å². The van der Waals surface area contributed by atoms with Gasteiger partial charge < -0.3 is 0 Å². The van der Waals surface area contributed by atoms with Crippen molar-refractivity contribution in [3.8, 4) is 0 Å². The Balaban J connectivity index is 2.54. The van der Waals surface area contributed by atoms with E-state index in [-0.39, 0.29) is 7.92 Å². The van der Waals surface area contributed by atoms with Crippen molar-refractivity contribution < 1.29 is 0 Å². The van der Waals surface area contributed by atoms with Gasteiger partial charge in [0, 0.05) is 0 Å². The van der Waals surface area contributed by atoms with Gasteiger partial charge in [0.1, 0.15) is 0 Å². The van der Waals surface area contributed by atoms with Crippen LogP contribution in [0.15, 0.2) is 36.4 Å². The van der Waals surface area contributed by atoms with Gasteiger partial charge in [0.05, 0.1) is 0 Å². The number of hydrogen-bond donors (Lipinski definition) is 0. The minimum absolute atomic E-state index is 0.262. The molecule has 0 amide bonds. The van der Waals surface area contributed by atoms with Gasteiger partial charge in [-0.25, -0.2) is 0 Å². The second-order valence-corrected chi connectivity index (χ2v) is 10.1. The minimum atomic E-state index is -0.262. The lowest BCUT2D eigenvalue weighted by atomic mass is 9.98. The van der Waals surface area contributed by atoms with Crippen LogP contribution < -0.4 is 10.6 Å².